The van der Waals surface area contributed by atoms with E-state index in [1.54, 1.807) is 54.6 Å². The zero-order valence-electron chi connectivity index (χ0n) is 33.6. The van der Waals surface area contributed by atoms with E-state index in [2.05, 4.69) is 21.3 Å². The first-order valence-corrected chi connectivity index (χ1v) is 20.1. The number of phenols is 1. The summed E-state index contributed by atoms with van der Waals surface area (Å²) < 4.78 is 0. The summed E-state index contributed by atoms with van der Waals surface area (Å²) in [6.45, 7) is 2.34. The summed E-state index contributed by atoms with van der Waals surface area (Å²) in [5, 5.41) is 42.7. The number of fused-ring (bicyclic) bond motifs is 5. The SMILES string of the molecule is C[C@H](NC(=O)C1Cc2ccc(O)c(c2)C2=C(O)C=CC(C2)[C@H](N(C)C(=O)[C@H](CCCCN)NC(=O)c2ccc(-c3ccc(Cl)cc3)cc2)C(=O)N[C@@H](C)C(=O)N1)C(=O)CO. The molecule has 9 N–H and O–H groups in total. The molecule has 5 amide bonds. The summed E-state index contributed by atoms with van der Waals surface area (Å²) in [4.78, 5) is 83.0. The third-order valence-electron chi connectivity index (χ3n) is 10.8. The van der Waals surface area contributed by atoms with Crippen LogP contribution in [0, 0.1) is 5.92 Å². The Balaban J connectivity index is 1.46. The average molecular weight is 843 g/mol. The molecule has 1 aliphatic heterocycles. The van der Waals surface area contributed by atoms with Crippen molar-refractivity contribution >= 4 is 52.5 Å². The standard InChI is InChI=1S/C44H51ClN6O9/c1-24(38(55)23-52)47-42(58)35-21-26-7-17-36(53)32(20-26)33-22-30(14-18-37(33)54)39(43(59)48-25(2)40(56)50-35)51(3)44(60)34(6-4-5-19-46)49-41(57)29-10-8-27(9-11-29)28-12-15-31(45)16-13-28/h7-18,20,24-25,30,34-35,39,52-54H,4-6,19,21-23,46H2,1-3H3,(H,47,58)(H,48,59)(H,49,57)(H,50,56)/t24-,25-,30?,34-,35?,39-/m0/s1. The molecular weight excluding hydrogens is 792 g/mol. The second kappa shape index (κ2) is 20.3. The Hall–Kier alpha value is -6.03. The fourth-order valence-corrected chi connectivity index (χ4v) is 7.39. The van der Waals surface area contributed by atoms with Gasteiger partial charge < -0.3 is 47.2 Å². The Bertz CT molecular complexity index is 2160. The third-order valence-corrected chi connectivity index (χ3v) is 11.0. The number of carbonyl (C=O) groups is 6. The van der Waals surface area contributed by atoms with Gasteiger partial charge in [0.1, 0.15) is 42.3 Å². The topological polar surface area (TPSA) is 240 Å². The van der Waals surface area contributed by atoms with Gasteiger partial charge in [0.25, 0.3) is 5.91 Å². The van der Waals surface area contributed by atoms with E-state index < -0.39 is 78.1 Å². The van der Waals surface area contributed by atoms with Crippen molar-refractivity contribution in [2.24, 2.45) is 11.7 Å². The number of likely N-dealkylation sites (N-methyl/N-ethyl adjacent to an activating group) is 1. The van der Waals surface area contributed by atoms with Crippen LogP contribution >= 0.6 is 11.6 Å². The lowest BCUT2D eigenvalue weighted by molar-refractivity contribution is -0.142. The molecule has 2 unspecified atom stereocenters. The molecule has 0 saturated carbocycles. The van der Waals surface area contributed by atoms with Crippen LogP contribution in [0.4, 0.5) is 0 Å². The number of benzene rings is 3. The second-order valence-electron chi connectivity index (χ2n) is 15.1. The molecule has 60 heavy (non-hydrogen) atoms. The molecule has 1 heterocycles. The zero-order chi connectivity index (χ0) is 43.7. The molecule has 16 heteroatoms. The maximum atomic E-state index is 14.5. The van der Waals surface area contributed by atoms with Crippen LogP contribution in [0.25, 0.3) is 16.7 Å². The van der Waals surface area contributed by atoms with Gasteiger partial charge in [-0.05, 0) is 105 Å². The number of unbranched alkanes of at least 4 members (excludes halogenated alkanes) is 1. The number of nitrogens with two attached hydrogens (primary N) is 1. The molecule has 0 saturated heterocycles. The molecule has 3 aromatic rings. The lowest BCUT2D eigenvalue weighted by Gasteiger charge is -2.37. The predicted molar refractivity (Wildman–Crippen MR) is 225 cm³/mol. The van der Waals surface area contributed by atoms with Crippen molar-refractivity contribution in [3.8, 4) is 16.9 Å². The predicted octanol–water partition coefficient (Wildman–Crippen LogP) is 2.92. The summed E-state index contributed by atoms with van der Waals surface area (Å²) in [7, 11) is 1.42. The highest BCUT2D eigenvalue weighted by Gasteiger charge is 2.40. The van der Waals surface area contributed by atoms with Gasteiger partial charge in [-0.3, -0.25) is 28.8 Å². The number of nitrogens with zero attached hydrogens (tertiary/aromatic N) is 1. The minimum atomic E-state index is -1.31. The van der Waals surface area contributed by atoms with Crippen molar-refractivity contribution in [3.05, 3.63) is 106 Å². The van der Waals surface area contributed by atoms with E-state index in [0.29, 0.717) is 35.5 Å². The number of amides is 5. The van der Waals surface area contributed by atoms with E-state index in [4.69, 9.17) is 17.3 Å². The van der Waals surface area contributed by atoms with Gasteiger partial charge in [0.05, 0.1) is 6.04 Å². The fraction of sp³-hybridized carbons (Fsp3) is 0.364. The van der Waals surface area contributed by atoms with E-state index >= 15 is 0 Å². The van der Waals surface area contributed by atoms with Crippen molar-refractivity contribution in [2.45, 2.75) is 76.2 Å². The van der Waals surface area contributed by atoms with Crippen LogP contribution < -0.4 is 27.0 Å². The molecule has 1 aliphatic carbocycles. The number of phenolic OH excluding ortho intramolecular Hbond substituents is 1. The summed E-state index contributed by atoms with van der Waals surface area (Å²) in [5.41, 5.74) is 8.75. The molecule has 6 atom stereocenters. The smallest absolute Gasteiger partial charge is 0.251 e. The van der Waals surface area contributed by atoms with Crippen molar-refractivity contribution in [3.63, 3.8) is 0 Å². The summed E-state index contributed by atoms with van der Waals surface area (Å²) >= 11 is 6.04. The Morgan fingerprint density at radius 1 is 0.917 bits per heavy atom. The number of carbonyl (C=O) groups excluding carboxylic acids is 6. The zero-order valence-corrected chi connectivity index (χ0v) is 34.4. The highest BCUT2D eigenvalue weighted by molar-refractivity contribution is 6.30. The van der Waals surface area contributed by atoms with Gasteiger partial charge in [-0.1, -0.05) is 48.0 Å². The lowest BCUT2D eigenvalue weighted by Crippen LogP contribution is -2.60. The van der Waals surface area contributed by atoms with Gasteiger partial charge in [0.15, 0.2) is 5.78 Å². The molecule has 3 aromatic carbocycles. The number of aliphatic hydroxyl groups excluding tert-OH is 2. The maximum Gasteiger partial charge on any atom is 0.251 e. The number of hydrogen-bond acceptors (Lipinski definition) is 10. The number of nitrogens with one attached hydrogen (secondary N) is 4. The third kappa shape index (κ3) is 11.0. The van der Waals surface area contributed by atoms with Gasteiger partial charge in [-0.2, -0.15) is 0 Å². The molecule has 4 bridgehead atoms. The number of ketones is 1. The maximum absolute atomic E-state index is 14.5. The molecule has 0 aromatic heterocycles. The molecule has 0 fully saturated rings. The molecule has 318 valence electrons. The van der Waals surface area contributed by atoms with E-state index in [9.17, 15) is 44.1 Å². The molecule has 5 rings (SSSR count). The summed E-state index contributed by atoms with van der Waals surface area (Å²) in [6, 6.07) is 12.6. The number of hydrogen-bond donors (Lipinski definition) is 8. The number of halogens is 1. The largest absolute Gasteiger partial charge is 0.508 e. The molecule has 2 aliphatic rings. The van der Waals surface area contributed by atoms with Crippen molar-refractivity contribution in [1.29, 1.82) is 0 Å². The van der Waals surface area contributed by atoms with Crippen LogP contribution in [0.3, 0.4) is 0 Å². The van der Waals surface area contributed by atoms with Gasteiger partial charge in [0, 0.05) is 41.1 Å². The highest BCUT2D eigenvalue weighted by Crippen LogP contribution is 2.38. The van der Waals surface area contributed by atoms with Crippen LogP contribution in [0.15, 0.2) is 84.6 Å². The Morgan fingerprint density at radius 3 is 2.23 bits per heavy atom. The van der Waals surface area contributed by atoms with Crippen LogP contribution in [0.2, 0.25) is 5.02 Å². The fourth-order valence-electron chi connectivity index (χ4n) is 7.27. The number of allylic oxidation sites excluding steroid dienone is 2. The summed E-state index contributed by atoms with van der Waals surface area (Å²) in [6.07, 6.45) is 4.04. The van der Waals surface area contributed by atoms with Crippen LogP contribution in [0.1, 0.15) is 61.0 Å². The van der Waals surface area contributed by atoms with Crippen LogP contribution in [-0.4, -0.2) is 106 Å². The number of rotatable bonds is 13. The normalized spacial score (nSPS) is 20.2. The Morgan fingerprint density at radius 2 is 1.58 bits per heavy atom. The molecule has 15 nitrogen and oxygen atoms in total. The molecular formula is C44H51ClN6O9. The molecule has 0 spiro atoms. The first-order valence-electron chi connectivity index (χ1n) is 19.7. The van der Waals surface area contributed by atoms with Crippen LogP contribution in [0.5, 0.6) is 5.75 Å². The van der Waals surface area contributed by atoms with E-state index in [0.717, 1.165) is 11.1 Å². The quantitative estimate of drug-likeness (QED) is 0.117. The average Bonchev–Trinajstić information content (AvgIpc) is 3.23. The first-order chi connectivity index (χ1) is 28.6. The lowest BCUT2D eigenvalue weighted by atomic mass is 9.82. The minimum absolute atomic E-state index is 0.0372. The highest BCUT2D eigenvalue weighted by atomic mass is 35.5. The Kier molecular flexibility index (Phi) is 15.2. The van der Waals surface area contributed by atoms with Crippen molar-refractivity contribution < 1.29 is 44.1 Å². The number of Topliss-reactive ketones (excluding diaryl/α,β-unsaturated/α-hetero) is 1. The molecule has 0 radical (unpaired) electrons. The number of aliphatic hydroxyl groups is 2. The van der Waals surface area contributed by atoms with Gasteiger partial charge in [0.2, 0.25) is 23.6 Å². The number of aromatic hydroxyl groups is 1. The van der Waals surface area contributed by atoms with Gasteiger partial charge in [-0.15, -0.1) is 0 Å². The van der Waals surface area contributed by atoms with Crippen molar-refractivity contribution in [2.75, 3.05) is 20.2 Å². The van der Waals surface area contributed by atoms with E-state index in [1.807, 2.05) is 12.1 Å². The van der Waals surface area contributed by atoms with E-state index in [1.165, 1.54) is 37.9 Å². The van der Waals surface area contributed by atoms with E-state index in [-0.39, 0.29) is 41.9 Å². The van der Waals surface area contributed by atoms with Gasteiger partial charge >= 0.3 is 0 Å². The van der Waals surface area contributed by atoms with Crippen LogP contribution in [-0.2, 0) is 30.4 Å². The second-order valence-corrected chi connectivity index (χ2v) is 15.5. The minimum Gasteiger partial charge on any atom is -0.508 e. The monoisotopic (exact) mass is 842 g/mol. The first kappa shape index (κ1) is 45.1. The van der Waals surface area contributed by atoms with Crippen molar-refractivity contribution in [1.82, 2.24) is 26.2 Å². The Labute approximate surface area is 353 Å². The van der Waals surface area contributed by atoms with Gasteiger partial charge in [-0.25, -0.2) is 0 Å². The summed E-state index contributed by atoms with van der Waals surface area (Å²) in [5.74, 6) is -5.21.